The average Bonchev–Trinajstić information content (AvgIpc) is 2.64. The third-order valence-corrected chi connectivity index (χ3v) is 4.97. The summed E-state index contributed by atoms with van der Waals surface area (Å²) in [5.41, 5.74) is 5.23. The van der Waals surface area contributed by atoms with Crippen molar-refractivity contribution in [2.75, 3.05) is 0 Å². The van der Waals surface area contributed by atoms with E-state index in [0.29, 0.717) is 27.4 Å². The summed E-state index contributed by atoms with van der Waals surface area (Å²) in [6.07, 6.45) is 0.316. The maximum absolute atomic E-state index is 12.7. The smallest absolute Gasteiger partial charge is 0.328 e. The second-order valence-corrected chi connectivity index (χ2v) is 7.50. The molecule has 0 bridgehead atoms. The van der Waals surface area contributed by atoms with E-state index in [1.54, 1.807) is 29.0 Å². The molecule has 2 heterocycles. The summed E-state index contributed by atoms with van der Waals surface area (Å²) in [6.45, 7) is 2.47. The van der Waals surface area contributed by atoms with Crippen molar-refractivity contribution in [1.29, 1.82) is 0 Å². The maximum atomic E-state index is 12.7. The van der Waals surface area contributed by atoms with Gasteiger partial charge in [0.15, 0.2) is 5.82 Å². The lowest BCUT2D eigenvalue weighted by Crippen LogP contribution is -2.22. The van der Waals surface area contributed by atoms with E-state index in [4.69, 9.17) is 5.73 Å². The predicted molar refractivity (Wildman–Crippen MR) is 105 cm³/mol. The molecule has 2 N–H and O–H groups in total. The maximum Gasteiger partial charge on any atom is 0.419 e. The van der Waals surface area contributed by atoms with Gasteiger partial charge in [0.2, 0.25) is 0 Å². The summed E-state index contributed by atoms with van der Waals surface area (Å²) in [4.78, 5) is 20.3. The molecule has 5 nitrogen and oxygen atoms in total. The van der Waals surface area contributed by atoms with Crippen molar-refractivity contribution in [2.45, 2.75) is 38.5 Å². The number of fused-ring (bicyclic) bond motifs is 1. The van der Waals surface area contributed by atoms with Crippen LogP contribution < -0.4 is 11.3 Å². The molecule has 1 aromatic carbocycles. The SMILES string of the molecule is C[C@H](N)CCCn1cc(Br)c2cc(-c3ncc(C(F)(F)F)cn3)ccc2c1=O. The van der Waals surface area contributed by atoms with Crippen molar-refractivity contribution in [2.24, 2.45) is 5.73 Å². The predicted octanol–water partition coefficient (Wildman–Crippen LogP) is 4.37. The fourth-order valence-corrected chi connectivity index (χ4v) is 3.44. The van der Waals surface area contributed by atoms with Crippen LogP contribution in [-0.4, -0.2) is 20.6 Å². The van der Waals surface area contributed by atoms with Gasteiger partial charge >= 0.3 is 6.18 Å². The van der Waals surface area contributed by atoms with Crippen LogP contribution in [0.1, 0.15) is 25.3 Å². The van der Waals surface area contributed by atoms with Crippen molar-refractivity contribution in [3.05, 3.63) is 57.2 Å². The summed E-state index contributed by atoms with van der Waals surface area (Å²) >= 11 is 3.47. The number of alkyl halides is 3. The fraction of sp³-hybridized carbons (Fsp3) is 0.316. The zero-order valence-corrected chi connectivity index (χ0v) is 16.6. The molecule has 1 atom stereocenters. The summed E-state index contributed by atoms with van der Waals surface area (Å²) in [6, 6.07) is 5.03. The van der Waals surface area contributed by atoms with Gasteiger partial charge in [0.05, 0.1) is 5.56 Å². The van der Waals surface area contributed by atoms with Gasteiger partial charge < -0.3 is 10.3 Å². The fourth-order valence-electron chi connectivity index (χ4n) is 2.86. The van der Waals surface area contributed by atoms with Gasteiger partial charge in [-0.1, -0.05) is 6.07 Å². The number of aryl methyl sites for hydroxylation is 1. The van der Waals surface area contributed by atoms with E-state index in [1.165, 1.54) is 0 Å². The minimum Gasteiger partial charge on any atom is -0.328 e. The number of benzene rings is 1. The summed E-state index contributed by atoms with van der Waals surface area (Å²) in [5, 5.41) is 1.15. The lowest BCUT2D eigenvalue weighted by atomic mass is 10.1. The quantitative estimate of drug-likeness (QED) is 0.621. The van der Waals surface area contributed by atoms with Crippen molar-refractivity contribution < 1.29 is 13.2 Å². The highest BCUT2D eigenvalue weighted by Crippen LogP contribution is 2.30. The molecule has 0 amide bonds. The number of halogens is 4. The molecular formula is C19H18BrF3N4O. The van der Waals surface area contributed by atoms with Crippen LogP contribution >= 0.6 is 15.9 Å². The lowest BCUT2D eigenvalue weighted by molar-refractivity contribution is -0.138. The van der Waals surface area contributed by atoms with Crippen LogP contribution in [0.5, 0.6) is 0 Å². The van der Waals surface area contributed by atoms with Gasteiger partial charge in [0, 0.05) is 52.0 Å². The van der Waals surface area contributed by atoms with Gasteiger partial charge in [-0.05, 0) is 47.8 Å². The Kier molecular flexibility index (Phi) is 5.85. The number of pyridine rings is 1. The van der Waals surface area contributed by atoms with Crippen LogP contribution in [0.3, 0.4) is 0 Å². The molecule has 0 fully saturated rings. The number of aromatic nitrogens is 3. The lowest BCUT2D eigenvalue weighted by Gasteiger charge is -2.11. The van der Waals surface area contributed by atoms with E-state index < -0.39 is 11.7 Å². The van der Waals surface area contributed by atoms with Crippen LogP contribution in [0, 0.1) is 0 Å². The normalized spacial score (nSPS) is 13.1. The molecule has 0 unspecified atom stereocenters. The van der Waals surface area contributed by atoms with E-state index in [9.17, 15) is 18.0 Å². The van der Waals surface area contributed by atoms with Gasteiger partial charge in [-0.2, -0.15) is 13.2 Å². The molecule has 2 aromatic heterocycles. The second-order valence-electron chi connectivity index (χ2n) is 6.65. The highest BCUT2D eigenvalue weighted by Gasteiger charge is 2.31. The number of hydrogen-bond acceptors (Lipinski definition) is 4. The van der Waals surface area contributed by atoms with Crippen LogP contribution in [0.4, 0.5) is 13.2 Å². The standard InChI is InChI=1S/C19H18BrF3N4O/c1-11(24)3-2-6-27-10-16(20)15-7-12(4-5-14(15)18(27)28)17-25-8-13(9-26-17)19(21,22)23/h4-5,7-11H,2-3,6,24H2,1H3/t11-/m0/s1. The molecule has 3 aromatic rings. The topological polar surface area (TPSA) is 73.8 Å². The average molecular weight is 455 g/mol. The van der Waals surface area contributed by atoms with E-state index in [-0.39, 0.29) is 17.4 Å². The first-order chi connectivity index (χ1) is 13.2. The number of nitrogens with zero attached hydrogens (tertiary/aromatic N) is 3. The van der Waals surface area contributed by atoms with Crippen molar-refractivity contribution in [3.8, 4) is 11.4 Å². The van der Waals surface area contributed by atoms with Crippen LogP contribution in [-0.2, 0) is 12.7 Å². The molecule has 0 saturated heterocycles. The monoisotopic (exact) mass is 454 g/mol. The zero-order chi connectivity index (χ0) is 20.5. The molecule has 0 saturated carbocycles. The Balaban J connectivity index is 1.96. The Morgan fingerprint density at radius 2 is 1.89 bits per heavy atom. The van der Waals surface area contributed by atoms with E-state index in [0.717, 1.165) is 25.2 Å². The van der Waals surface area contributed by atoms with Gasteiger partial charge in [-0.15, -0.1) is 0 Å². The van der Waals surface area contributed by atoms with Crippen molar-refractivity contribution >= 4 is 26.7 Å². The van der Waals surface area contributed by atoms with Crippen molar-refractivity contribution in [3.63, 3.8) is 0 Å². The molecule has 0 radical (unpaired) electrons. The van der Waals surface area contributed by atoms with Crippen LogP contribution in [0.25, 0.3) is 22.2 Å². The molecule has 3 rings (SSSR count). The van der Waals surface area contributed by atoms with E-state index in [2.05, 4.69) is 25.9 Å². The first-order valence-corrected chi connectivity index (χ1v) is 9.44. The van der Waals surface area contributed by atoms with Gasteiger partial charge in [0.1, 0.15) is 0 Å². The molecule has 0 aliphatic rings. The van der Waals surface area contributed by atoms with Crippen LogP contribution in [0.2, 0.25) is 0 Å². The van der Waals surface area contributed by atoms with E-state index in [1.807, 2.05) is 6.92 Å². The van der Waals surface area contributed by atoms with Gasteiger partial charge in [0.25, 0.3) is 5.56 Å². The Hall–Kier alpha value is -2.26. The first-order valence-electron chi connectivity index (χ1n) is 8.64. The first kappa shape index (κ1) is 20.5. The van der Waals surface area contributed by atoms with Crippen LogP contribution in [0.15, 0.2) is 46.1 Å². The summed E-state index contributed by atoms with van der Waals surface area (Å²) in [5.74, 6) is 0.155. The van der Waals surface area contributed by atoms with Crippen molar-refractivity contribution in [1.82, 2.24) is 14.5 Å². The second kappa shape index (κ2) is 8.00. The third-order valence-electron chi connectivity index (χ3n) is 4.33. The summed E-state index contributed by atoms with van der Waals surface area (Å²) < 4.78 is 40.3. The minimum absolute atomic E-state index is 0.0749. The largest absolute Gasteiger partial charge is 0.419 e. The highest BCUT2D eigenvalue weighted by atomic mass is 79.9. The molecule has 0 aliphatic carbocycles. The Morgan fingerprint density at radius 1 is 1.21 bits per heavy atom. The van der Waals surface area contributed by atoms with Gasteiger partial charge in [-0.3, -0.25) is 4.79 Å². The number of hydrogen-bond donors (Lipinski definition) is 1. The highest BCUT2D eigenvalue weighted by molar-refractivity contribution is 9.10. The summed E-state index contributed by atoms with van der Waals surface area (Å²) in [7, 11) is 0. The molecular weight excluding hydrogens is 437 g/mol. The zero-order valence-electron chi connectivity index (χ0n) is 15.0. The Bertz CT molecular complexity index is 1050. The third kappa shape index (κ3) is 4.41. The molecule has 28 heavy (non-hydrogen) atoms. The Labute approximate surface area is 167 Å². The molecule has 0 aliphatic heterocycles. The molecule has 0 spiro atoms. The Morgan fingerprint density at radius 3 is 2.50 bits per heavy atom. The van der Waals surface area contributed by atoms with Gasteiger partial charge in [-0.25, -0.2) is 9.97 Å². The molecule has 9 heteroatoms. The number of nitrogens with two attached hydrogens (primary N) is 1. The number of rotatable bonds is 5. The minimum atomic E-state index is -4.49. The molecule has 148 valence electrons. The van der Waals surface area contributed by atoms with E-state index >= 15 is 0 Å².